The number of H-pyrrole nitrogens is 1. The lowest BCUT2D eigenvalue weighted by Crippen LogP contribution is -2.38. The topological polar surface area (TPSA) is 85.9 Å². The minimum absolute atomic E-state index is 0.0318. The maximum atomic E-state index is 13.6. The van der Waals surface area contributed by atoms with E-state index < -0.39 is 11.7 Å². The molecule has 1 aliphatic rings. The summed E-state index contributed by atoms with van der Waals surface area (Å²) < 4.78 is 40.9. The van der Waals surface area contributed by atoms with Crippen LogP contribution in [-0.2, 0) is 6.18 Å². The summed E-state index contributed by atoms with van der Waals surface area (Å²) in [6.45, 7) is 5.25. The number of aromatic nitrogens is 3. The van der Waals surface area contributed by atoms with Crippen LogP contribution in [0, 0.1) is 0 Å². The Morgan fingerprint density at radius 3 is 2.76 bits per heavy atom. The first kappa shape index (κ1) is 20.8. The van der Waals surface area contributed by atoms with Gasteiger partial charge in [-0.05, 0) is 19.4 Å². The average Bonchev–Trinajstić information content (AvgIpc) is 3.11. The van der Waals surface area contributed by atoms with E-state index in [2.05, 4.69) is 32.2 Å². The highest BCUT2D eigenvalue weighted by Crippen LogP contribution is 2.38. The molecule has 2 aromatic rings. The number of anilines is 1. The summed E-state index contributed by atoms with van der Waals surface area (Å²) in [6, 6.07) is 0.0318. The predicted octanol–water partition coefficient (Wildman–Crippen LogP) is 3.00. The molecule has 0 aliphatic carbocycles. The molecule has 0 bridgehead atoms. The van der Waals surface area contributed by atoms with Crippen LogP contribution < -0.4 is 10.6 Å². The van der Waals surface area contributed by atoms with Crippen LogP contribution in [0.5, 0.6) is 0 Å². The zero-order chi connectivity index (χ0) is 21.2. The van der Waals surface area contributed by atoms with Gasteiger partial charge in [0.25, 0.3) is 5.91 Å². The second-order valence-corrected chi connectivity index (χ2v) is 7.04. The van der Waals surface area contributed by atoms with Crippen molar-refractivity contribution in [1.29, 1.82) is 0 Å². The Bertz CT molecular complexity index is 900. The molecule has 29 heavy (non-hydrogen) atoms. The van der Waals surface area contributed by atoms with Crippen LogP contribution in [-0.4, -0.2) is 59.0 Å². The van der Waals surface area contributed by atoms with Crippen LogP contribution >= 0.6 is 0 Å². The Morgan fingerprint density at radius 2 is 2.17 bits per heavy atom. The van der Waals surface area contributed by atoms with Crippen molar-refractivity contribution in [3.05, 3.63) is 35.8 Å². The first-order chi connectivity index (χ1) is 13.7. The van der Waals surface area contributed by atoms with E-state index in [0.717, 1.165) is 25.6 Å². The molecule has 7 nitrogen and oxygen atoms in total. The van der Waals surface area contributed by atoms with Gasteiger partial charge < -0.3 is 20.5 Å². The Morgan fingerprint density at radius 1 is 1.41 bits per heavy atom. The summed E-state index contributed by atoms with van der Waals surface area (Å²) in [5.74, 6) is -0.265. The summed E-state index contributed by atoms with van der Waals surface area (Å²) >= 11 is 0. The fourth-order valence-corrected chi connectivity index (χ4v) is 3.26. The smallest absolute Gasteiger partial charge is 0.356 e. The summed E-state index contributed by atoms with van der Waals surface area (Å²) in [4.78, 5) is 24.5. The van der Waals surface area contributed by atoms with Crippen molar-refractivity contribution >= 4 is 17.9 Å². The van der Waals surface area contributed by atoms with Crippen molar-refractivity contribution < 1.29 is 18.0 Å². The fraction of sp³-hybridized carbons (Fsp3) is 0.421. The van der Waals surface area contributed by atoms with Gasteiger partial charge >= 0.3 is 6.18 Å². The average molecular weight is 408 g/mol. The number of alkyl halides is 3. The first-order valence-electron chi connectivity index (χ1n) is 9.19. The van der Waals surface area contributed by atoms with E-state index in [0.29, 0.717) is 6.54 Å². The Labute approximate surface area is 166 Å². The highest BCUT2D eigenvalue weighted by molar-refractivity contribution is 5.98. The molecule has 1 fully saturated rings. The van der Waals surface area contributed by atoms with Gasteiger partial charge in [0.15, 0.2) is 0 Å². The van der Waals surface area contributed by atoms with Gasteiger partial charge in [-0.2, -0.15) is 13.2 Å². The number of piperidine rings is 1. The van der Waals surface area contributed by atoms with Crippen LogP contribution in [0.3, 0.4) is 0 Å². The van der Waals surface area contributed by atoms with Crippen LogP contribution in [0.15, 0.2) is 19.0 Å². The third-order valence-electron chi connectivity index (χ3n) is 4.72. The lowest BCUT2D eigenvalue weighted by atomic mass is 10.0. The molecule has 1 saturated heterocycles. The molecule has 3 N–H and O–H groups in total. The van der Waals surface area contributed by atoms with E-state index >= 15 is 0 Å². The SMILES string of the molecule is C=Cc1c(-c2nc(NC3CCCNC3)ncc2C(F)(F)F)c[nH]c1C(=O)N(C)C. The maximum Gasteiger partial charge on any atom is 0.419 e. The third-order valence-corrected chi connectivity index (χ3v) is 4.72. The van der Waals surface area contributed by atoms with Crippen LogP contribution in [0.1, 0.15) is 34.5 Å². The summed E-state index contributed by atoms with van der Waals surface area (Å²) in [6.07, 6.45) is 0.645. The number of nitrogens with zero attached hydrogens (tertiary/aromatic N) is 3. The molecule has 1 aliphatic heterocycles. The number of amides is 1. The molecule has 0 aromatic carbocycles. The van der Waals surface area contributed by atoms with Gasteiger partial charge in [0.05, 0.1) is 5.69 Å². The molecule has 10 heteroatoms. The highest BCUT2D eigenvalue weighted by Gasteiger charge is 2.36. The first-order valence-corrected chi connectivity index (χ1v) is 9.19. The van der Waals surface area contributed by atoms with Crippen molar-refractivity contribution in [3.63, 3.8) is 0 Å². The van der Waals surface area contributed by atoms with Crippen molar-refractivity contribution in [2.45, 2.75) is 25.1 Å². The zero-order valence-corrected chi connectivity index (χ0v) is 16.2. The minimum atomic E-state index is -4.65. The van der Waals surface area contributed by atoms with Crippen molar-refractivity contribution in [3.8, 4) is 11.3 Å². The molecule has 3 rings (SSSR count). The molecule has 0 saturated carbocycles. The zero-order valence-electron chi connectivity index (χ0n) is 16.2. The standard InChI is InChI=1S/C19H23F3N6O/c1-4-12-13(9-24-16(12)17(29)28(2)3)15-14(19(20,21)22)10-25-18(27-15)26-11-6-5-7-23-8-11/h4,9-11,23-24H,1,5-8H2,2-3H3,(H,25,26,27). The molecule has 1 atom stereocenters. The molecule has 2 aromatic heterocycles. The van der Waals surface area contributed by atoms with Crippen molar-refractivity contribution in [1.82, 2.24) is 25.2 Å². The van der Waals surface area contributed by atoms with Gasteiger partial charge in [-0.25, -0.2) is 9.97 Å². The number of carbonyl (C=O) groups is 1. The minimum Gasteiger partial charge on any atom is -0.356 e. The molecular weight excluding hydrogens is 385 g/mol. The molecular formula is C19H23F3N6O. The van der Waals surface area contributed by atoms with E-state index in [-0.39, 0.29) is 40.4 Å². The summed E-state index contributed by atoms with van der Waals surface area (Å²) in [5, 5.41) is 6.31. The van der Waals surface area contributed by atoms with E-state index in [9.17, 15) is 18.0 Å². The number of hydrogen-bond donors (Lipinski definition) is 3. The number of aromatic amines is 1. The van der Waals surface area contributed by atoms with Gasteiger partial charge in [0, 0.05) is 50.2 Å². The molecule has 1 amide bonds. The lowest BCUT2D eigenvalue weighted by Gasteiger charge is -2.24. The number of carbonyl (C=O) groups excluding carboxylic acids is 1. The van der Waals surface area contributed by atoms with Crippen LogP contribution in [0.2, 0.25) is 0 Å². The normalized spacial score (nSPS) is 17.1. The molecule has 3 heterocycles. The summed E-state index contributed by atoms with van der Waals surface area (Å²) in [5.41, 5.74) is -0.723. The fourth-order valence-electron chi connectivity index (χ4n) is 3.26. The van der Waals surface area contributed by atoms with Crippen LogP contribution in [0.4, 0.5) is 19.1 Å². The Kier molecular flexibility index (Phi) is 5.92. The highest BCUT2D eigenvalue weighted by atomic mass is 19.4. The van der Waals surface area contributed by atoms with Crippen molar-refractivity contribution in [2.24, 2.45) is 0 Å². The van der Waals surface area contributed by atoms with Gasteiger partial charge in [0.2, 0.25) is 5.95 Å². The molecule has 0 spiro atoms. The number of hydrogen-bond acceptors (Lipinski definition) is 5. The molecule has 1 unspecified atom stereocenters. The molecule has 0 radical (unpaired) electrons. The van der Waals surface area contributed by atoms with E-state index in [1.54, 1.807) is 14.1 Å². The summed E-state index contributed by atoms with van der Waals surface area (Å²) in [7, 11) is 3.11. The second kappa shape index (κ2) is 8.24. The lowest BCUT2D eigenvalue weighted by molar-refractivity contribution is -0.137. The van der Waals surface area contributed by atoms with Gasteiger partial charge in [0.1, 0.15) is 11.3 Å². The van der Waals surface area contributed by atoms with E-state index in [1.165, 1.54) is 17.2 Å². The number of halogens is 3. The predicted molar refractivity (Wildman–Crippen MR) is 104 cm³/mol. The van der Waals surface area contributed by atoms with Gasteiger partial charge in [-0.1, -0.05) is 12.7 Å². The van der Waals surface area contributed by atoms with Gasteiger partial charge in [-0.15, -0.1) is 0 Å². The number of nitrogens with one attached hydrogen (secondary N) is 3. The second-order valence-electron chi connectivity index (χ2n) is 7.04. The Hall–Kier alpha value is -2.88. The quantitative estimate of drug-likeness (QED) is 0.708. The molecule has 156 valence electrons. The van der Waals surface area contributed by atoms with Crippen LogP contribution in [0.25, 0.3) is 17.3 Å². The van der Waals surface area contributed by atoms with E-state index in [4.69, 9.17) is 0 Å². The van der Waals surface area contributed by atoms with E-state index in [1.807, 2.05) is 0 Å². The largest absolute Gasteiger partial charge is 0.419 e. The number of rotatable bonds is 5. The third kappa shape index (κ3) is 4.42. The van der Waals surface area contributed by atoms with Gasteiger partial charge in [-0.3, -0.25) is 4.79 Å². The maximum absolute atomic E-state index is 13.6. The van der Waals surface area contributed by atoms with Crippen molar-refractivity contribution in [2.75, 3.05) is 32.5 Å². The Balaban J connectivity index is 2.07. The monoisotopic (exact) mass is 408 g/mol.